The van der Waals surface area contributed by atoms with E-state index in [2.05, 4.69) is 5.73 Å². The van der Waals surface area contributed by atoms with Crippen molar-refractivity contribution in [2.45, 2.75) is 18.1 Å². The standard InChI is InChI=1S/C4H5F5N2/c5-3(6,2(11)1-10)4(7,8)9/h1-2,10H,11H2. The average Bonchev–Trinajstić information content (AvgIpc) is 1.83. The van der Waals surface area contributed by atoms with Crippen molar-refractivity contribution in [1.82, 2.24) is 0 Å². The van der Waals surface area contributed by atoms with Crippen LogP contribution in [0.25, 0.3) is 0 Å². The summed E-state index contributed by atoms with van der Waals surface area (Å²) in [4.78, 5) is 0. The minimum absolute atomic E-state index is 0.145. The van der Waals surface area contributed by atoms with Crippen LogP contribution in [0.4, 0.5) is 22.0 Å². The topological polar surface area (TPSA) is 49.9 Å². The van der Waals surface area contributed by atoms with E-state index in [9.17, 15) is 22.0 Å². The first kappa shape index (κ1) is 10.3. The molecule has 0 fully saturated rings. The highest BCUT2D eigenvalue weighted by atomic mass is 19.4. The molecule has 0 spiro atoms. The zero-order valence-electron chi connectivity index (χ0n) is 5.12. The molecule has 1 atom stereocenters. The Bertz CT molecular complexity index is 151. The third kappa shape index (κ3) is 1.86. The Morgan fingerprint density at radius 3 is 1.64 bits per heavy atom. The Labute approximate surface area is 58.7 Å². The minimum atomic E-state index is -5.69. The summed E-state index contributed by atoms with van der Waals surface area (Å²) in [7, 11) is 0. The van der Waals surface area contributed by atoms with Gasteiger partial charge in [0, 0.05) is 6.21 Å². The van der Waals surface area contributed by atoms with E-state index >= 15 is 0 Å². The van der Waals surface area contributed by atoms with Crippen molar-refractivity contribution in [2.75, 3.05) is 0 Å². The van der Waals surface area contributed by atoms with E-state index < -0.39 is 18.1 Å². The van der Waals surface area contributed by atoms with Gasteiger partial charge in [-0.1, -0.05) is 0 Å². The summed E-state index contributed by atoms with van der Waals surface area (Å²) < 4.78 is 57.9. The van der Waals surface area contributed by atoms with Crippen LogP contribution in [0, 0.1) is 5.41 Å². The molecule has 0 saturated heterocycles. The second-order valence-electron chi connectivity index (χ2n) is 1.81. The molecule has 0 aromatic rings. The van der Waals surface area contributed by atoms with Crippen molar-refractivity contribution in [3.8, 4) is 0 Å². The fraction of sp³-hybridized carbons (Fsp3) is 0.750. The predicted molar refractivity (Wildman–Crippen MR) is 27.8 cm³/mol. The number of rotatable bonds is 2. The number of alkyl halides is 5. The lowest BCUT2D eigenvalue weighted by molar-refractivity contribution is -0.282. The van der Waals surface area contributed by atoms with Gasteiger partial charge in [-0.2, -0.15) is 22.0 Å². The molecule has 0 saturated carbocycles. The Morgan fingerprint density at radius 2 is 1.55 bits per heavy atom. The monoisotopic (exact) mass is 176 g/mol. The molecular formula is C4H5F5N2. The number of hydrogen-bond donors (Lipinski definition) is 2. The second kappa shape index (κ2) is 2.72. The smallest absolute Gasteiger partial charge is 0.318 e. The summed E-state index contributed by atoms with van der Waals surface area (Å²) >= 11 is 0. The van der Waals surface area contributed by atoms with Crippen molar-refractivity contribution in [1.29, 1.82) is 5.41 Å². The van der Waals surface area contributed by atoms with Gasteiger partial charge in [0.2, 0.25) is 0 Å². The van der Waals surface area contributed by atoms with Gasteiger partial charge >= 0.3 is 12.1 Å². The quantitative estimate of drug-likeness (QED) is 0.481. The minimum Gasteiger partial charge on any atom is -0.318 e. The van der Waals surface area contributed by atoms with Crippen LogP contribution in [0.2, 0.25) is 0 Å². The van der Waals surface area contributed by atoms with Crippen molar-refractivity contribution < 1.29 is 22.0 Å². The van der Waals surface area contributed by atoms with Crippen molar-refractivity contribution in [3.05, 3.63) is 0 Å². The van der Waals surface area contributed by atoms with Gasteiger partial charge in [-0.05, 0) is 0 Å². The largest absolute Gasteiger partial charge is 0.455 e. The second-order valence-corrected chi connectivity index (χ2v) is 1.81. The Morgan fingerprint density at radius 1 is 1.18 bits per heavy atom. The average molecular weight is 176 g/mol. The molecule has 3 N–H and O–H groups in total. The molecule has 11 heavy (non-hydrogen) atoms. The van der Waals surface area contributed by atoms with Gasteiger partial charge in [0.05, 0.1) is 0 Å². The van der Waals surface area contributed by atoms with Gasteiger partial charge < -0.3 is 11.1 Å². The first-order chi connectivity index (χ1) is 4.73. The number of nitrogens with one attached hydrogen (secondary N) is 1. The summed E-state index contributed by atoms with van der Waals surface area (Å²) in [6, 6.07) is -2.61. The predicted octanol–water partition coefficient (Wildman–Crippen LogP) is 1.16. The number of hydrogen-bond acceptors (Lipinski definition) is 2. The maximum atomic E-state index is 11.9. The van der Waals surface area contributed by atoms with Crippen LogP contribution in [0.3, 0.4) is 0 Å². The van der Waals surface area contributed by atoms with Crippen LogP contribution in [-0.4, -0.2) is 24.4 Å². The summed E-state index contributed by atoms with van der Waals surface area (Å²) in [5.74, 6) is -5.02. The Balaban J connectivity index is 4.58. The molecule has 0 rings (SSSR count). The maximum absolute atomic E-state index is 11.9. The molecule has 0 aliphatic rings. The van der Waals surface area contributed by atoms with E-state index in [1.54, 1.807) is 0 Å². The van der Waals surface area contributed by atoms with Gasteiger partial charge in [0.1, 0.15) is 6.04 Å². The molecule has 0 radical (unpaired) electrons. The van der Waals surface area contributed by atoms with Crippen molar-refractivity contribution in [3.63, 3.8) is 0 Å². The first-order valence-corrected chi connectivity index (χ1v) is 2.44. The molecule has 0 aromatic carbocycles. The third-order valence-electron chi connectivity index (χ3n) is 0.976. The number of halogens is 5. The van der Waals surface area contributed by atoms with Crippen molar-refractivity contribution in [2.24, 2.45) is 5.73 Å². The zero-order valence-corrected chi connectivity index (χ0v) is 5.12. The van der Waals surface area contributed by atoms with E-state index in [1.165, 1.54) is 0 Å². The highest BCUT2D eigenvalue weighted by Crippen LogP contribution is 2.36. The highest BCUT2D eigenvalue weighted by Gasteiger charge is 2.60. The van der Waals surface area contributed by atoms with Gasteiger partial charge in [-0.15, -0.1) is 0 Å². The van der Waals surface area contributed by atoms with Crippen LogP contribution < -0.4 is 5.73 Å². The van der Waals surface area contributed by atoms with Crippen LogP contribution in [0.5, 0.6) is 0 Å². The molecule has 0 amide bonds. The summed E-state index contributed by atoms with van der Waals surface area (Å²) in [6.45, 7) is 0. The molecule has 1 unspecified atom stereocenters. The lowest BCUT2D eigenvalue weighted by Crippen LogP contribution is -2.52. The fourth-order valence-electron chi connectivity index (χ4n) is 0.294. The lowest BCUT2D eigenvalue weighted by Gasteiger charge is -2.22. The molecular weight excluding hydrogens is 171 g/mol. The molecule has 0 aromatic heterocycles. The zero-order chi connectivity index (χ0) is 9.28. The van der Waals surface area contributed by atoms with Crippen molar-refractivity contribution >= 4 is 6.21 Å². The highest BCUT2D eigenvalue weighted by molar-refractivity contribution is 5.62. The first-order valence-electron chi connectivity index (χ1n) is 2.44. The van der Waals surface area contributed by atoms with E-state index in [-0.39, 0.29) is 6.21 Å². The molecule has 0 aliphatic heterocycles. The van der Waals surface area contributed by atoms with Gasteiger partial charge in [-0.3, -0.25) is 0 Å². The maximum Gasteiger partial charge on any atom is 0.455 e. The molecule has 7 heteroatoms. The molecule has 66 valence electrons. The summed E-state index contributed by atoms with van der Waals surface area (Å²) in [5.41, 5.74) is 4.32. The van der Waals surface area contributed by atoms with E-state index in [1.807, 2.05) is 0 Å². The Kier molecular flexibility index (Phi) is 2.55. The third-order valence-corrected chi connectivity index (χ3v) is 0.976. The molecule has 2 nitrogen and oxygen atoms in total. The van der Waals surface area contributed by atoms with Crippen LogP contribution in [0.15, 0.2) is 0 Å². The fourth-order valence-corrected chi connectivity index (χ4v) is 0.294. The molecule has 0 aliphatic carbocycles. The number of nitrogens with two attached hydrogens (primary N) is 1. The Hall–Kier alpha value is -0.720. The van der Waals surface area contributed by atoms with Crippen LogP contribution in [-0.2, 0) is 0 Å². The van der Waals surface area contributed by atoms with Gasteiger partial charge in [0.25, 0.3) is 0 Å². The molecule has 0 bridgehead atoms. The lowest BCUT2D eigenvalue weighted by atomic mass is 10.2. The van der Waals surface area contributed by atoms with Crippen LogP contribution in [0.1, 0.15) is 0 Å². The normalized spacial score (nSPS) is 16.2. The van der Waals surface area contributed by atoms with E-state index in [4.69, 9.17) is 5.41 Å². The van der Waals surface area contributed by atoms with E-state index in [0.717, 1.165) is 0 Å². The summed E-state index contributed by atoms with van der Waals surface area (Å²) in [5, 5.41) is 6.11. The summed E-state index contributed by atoms with van der Waals surface area (Å²) in [6.07, 6.45) is -5.84. The SMILES string of the molecule is N=CC(N)C(F)(F)C(F)(F)F. The molecule has 0 heterocycles. The van der Waals surface area contributed by atoms with Gasteiger partial charge in [0.15, 0.2) is 0 Å². The van der Waals surface area contributed by atoms with Crippen LogP contribution >= 0.6 is 0 Å². The van der Waals surface area contributed by atoms with E-state index in [0.29, 0.717) is 0 Å². The van der Waals surface area contributed by atoms with Gasteiger partial charge in [-0.25, -0.2) is 0 Å².